The zero-order valence-electron chi connectivity index (χ0n) is 17.5. The Morgan fingerprint density at radius 2 is 1.35 bits per heavy atom. The van der Waals surface area contributed by atoms with Gasteiger partial charge in [0.1, 0.15) is 6.61 Å². The number of ether oxygens (including phenoxy) is 2. The summed E-state index contributed by atoms with van der Waals surface area (Å²) in [6.07, 6.45) is 5.53. The molecular formula is C20H40O6. The van der Waals surface area contributed by atoms with Gasteiger partial charge in [0.2, 0.25) is 0 Å². The summed E-state index contributed by atoms with van der Waals surface area (Å²) in [6, 6.07) is 0. The third-order valence-electron chi connectivity index (χ3n) is 1.92. The first-order valence-electron chi connectivity index (χ1n) is 8.90. The molecule has 26 heavy (non-hydrogen) atoms. The Kier molecular flexibility index (Phi) is 34.7. The monoisotopic (exact) mass is 376 g/mol. The lowest BCUT2D eigenvalue weighted by Crippen LogP contribution is -2.09. The van der Waals surface area contributed by atoms with Crippen LogP contribution in [-0.4, -0.2) is 47.6 Å². The van der Waals surface area contributed by atoms with Gasteiger partial charge in [-0.3, -0.25) is 9.59 Å². The number of rotatable bonds is 9. The van der Waals surface area contributed by atoms with Gasteiger partial charge in [-0.1, -0.05) is 12.2 Å². The summed E-state index contributed by atoms with van der Waals surface area (Å²) >= 11 is 0. The molecule has 6 heteroatoms. The first-order valence-corrected chi connectivity index (χ1v) is 8.90. The number of hydrogen-bond donors (Lipinski definition) is 2. The van der Waals surface area contributed by atoms with Crippen molar-refractivity contribution in [2.75, 3.05) is 13.2 Å². The topological polar surface area (TPSA) is 93.1 Å². The van der Waals surface area contributed by atoms with E-state index in [1.165, 1.54) is 0 Å². The Balaban J connectivity index is -0.000000155. The number of allylic oxidation sites excluding steroid dienone is 2. The molecule has 0 amide bonds. The van der Waals surface area contributed by atoms with E-state index in [9.17, 15) is 9.59 Å². The minimum absolute atomic E-state index is 0.0117. The van der Waals surface area contributed by atoms with Crippen LogP contribution in [0.4, 0.5) is 0 Å². The molecule has 0 atom stereocenters. The molecule has 0 aromatic rings. The molecule has 0 aromatic heterocycles. The molecular weight excluding hydrogens is 336 g/mol. The van der Waals surface area contributed by atoms with Crippen molar-refractivity contribution < 1.29 is 29.3 Å². The third kappa shape index (κ3) is 57.2. The fourth-order valence-electron chi connectivity index (χ4n) is 1.32. The van der Waals surface area contributed by atoms with E-state index >= 15 is 0 Å². The molecule has 0 aliphatic carbocycles. The number of aliphatic carboxylic acids is 1. The molecule has 0 spiro atoms. The molecule has 0 unspecified atom stereocenters. The molecule has 6 nitrogen and oxygen atoms in total. The van der Waals surface area contributed by atoms with E-state index in [0.717, 1.165) is 0 Å². The van der Waals surface area contributed by atoms with Crippen molar-refractivity contribution in [1.29, 1.82) is 0 Å². The highest BCUT2D eigenvalue weighted by Crippen LogP contribution is 2.01. The predicted octanol–water partition coefficient (Wildman–Crippen LogP) is 4.37. The minimum Gasteiger partial charge on any atom is -0.481 e. The Labute approximate surface area is 159 Å². The van der Waals surface area contributed by atoms with Crippen molar-refractivity contribution in [3.8, 4) is 0 Å². The molecule has 0 aliphatic rings. The molecule has 0 aliphatic heterocycles. The summed E-state index contributed by atoms with van der Waals surface area (Å²) in [6.45, 7) is 18.5. The number of unbranched alkanes of at least 4 members (excludes halogenated alkanes) is 1. The molecule has 0 heterocycles. The van der Waals surface area contributed by atoms with E-state index in [1.807, 2.05) is 41.5 Å². The predicted molar refractivity (Wildman–Crippen MR) is 107 cm³/mol. The summed E-state index contributed by atoms with van der Waals surface area (Å²) in [7, 11) is 0. The molecule has 0 aromatic carbocycles. The second-order valence-corrected chi connectivity index (χ2v) is 5.60. The molecule has 0 radical (unpaired) electrons. The van der Waals surface area contributed by atoms with E-state index in [2.05, 4.69) is 17.9 Å². The number of esters is 1. The largest absolute Gasteiger partial charge is 0.481 e. The molecule has 0 bridgehead atoms. The average Bonchev–Trinajstić information content (AvgIpc) is 2.50. The van der Waals surface area contributed by atoms with Crippen molar-refractivity contribution in [3.63, 3.8) is 0 Å². The van der Waals surface area contributed by atoms with Gasteiger partial charge in [0, 0.05) is 12.8 Å². The van der Waals surface area contributed by atoms with E-state index in [-0.39, 0.29) is 32.0 Å². The van der Waals surface area contributed by atoms with Crippen LogP contribution in [0.5, 0.6) is 0 Å². The molecule has 156 valence electrons. The van der Waals surface area contributed by atoms with Crippen LogP contribution in [0.2, 0.25) is 0 Å². The van der Waals surface area contributed by atoms with Gasteiger partial charge in [-0.15, -0.1) is 13.2 Å². The van der Waals surface area contributed by atoms with Crippen molar-refractivity contribution >= 4 is 11.9 Å². The highest BCUT2D eigenvalue weighted by Gasteiger charge is 2.03. The van der Waals surface area contributed by atoms with Gasteiger partial charge in [-0.05, 0) is 54.4 Å². The van der Waals surface area contributed by atoms with Gasteiger partial charge >= 0.3 is 11.9 Å². The summed E-state index contributed by atoms with van der Waals surface area (Å²) < 4.78 is 9.81. The van der Waals surface area contributed by atoms with E-state index < -0.39 is 5.97 Å². The van der Waals surface area contributed by atoms with Gasteiger partial charge in [-0.25, -0.2) is 0 Å². The first kappa shape index (κ1) is 32.0. The summed E-state index contributed by atoms with van der Waals surface area (Å²) in [5.74, 6) is -1.25. The van der Waals surface area contributed by atoms with Crippen LogP contribution in [0.3, 0.4) is 0 Å². The third-order valence-corrected chi connectivity index (χ3v) is 1.92. The van der Waals surface area contributed by atoms with Crippen LogP contribution in [-0.2, 0) is 19.1 Å². The van der Waals surface area contributed by atoms with Crippen molar-refractivity contribution in [2.45, 2.75) is 79.4 Å². The van der Waals surface area contributed by atoms with Crippen LogP contribution in [0.1, 0.15) is 67.2 Å². The maximum absolute atomic E-state index is 10.8. The maximum atomic E-state index is 10.8. The number of aliphatic hydroxyl groups is 1. The zero-order valence-corrected chi connectivity index (χ0v) is 17.5. The number of aliphatic hydroxyl groups excluding tert-OH is 1. The lowest BCUT2D eigenvalue weighted by molar-refractivity contribution is -0.145. The van der Waals surface area contributed by atoms with Crippen LogP contribution in [0.15, 0.2) is 25.3 Å². The van der Waals surface area contributed by atoms with Crippen LogP contribution < -0.4 is 0 Å². The first-order chi connectivity index (χ1) is 12.1. The normalized spacial score (nSPS) is 8.81. The molecule has 0 fully saturated rings. The van der Waals surface area contributed by atoms with Gasteiger partial charge in [-0.2, -0.15) is 0 Å². The Morgan fingerprint density at radius 3 is 1.62 bits per heavy atom. The molecule has 2 N–H and O–H groups in total. The molecule has 0 rings (SSSR count). The standard InChI is InChI=1S/C8H14O5.C6H14O.2C3H6/c9-5-6-13-8(12)4-2-1-3-7(10)11;1-5(2)7-6(3)4;2*1-3-2/h9H,1-6H2,(H,10,11);5-6H,1-4H3;2*3H,1H2,2H3. The SMILES string of the molecule is C=CC.C=CC.CC(C)OC(C)C.O=C(O)CCCCC(=O)OCCO. The van der Waals surface area contributed by atoms with Crippen LogP contribution in [0.25, 0.3) is 0 Å². The van der Waals surface area contributed by atoms with E-state index in [0.29, 0.717) is 25.0 Å². The van der Waals surface area contributed by atoms with E-state index in [1.54, 1.807) is 12.2 Å². The van der Waals surface area contributed by atoms with E-state index in [4.69, 9.17) is 14.9 Å². The Morgan fingerprint density at radius 1 is 0.962 bits per heavy atom. The molecule has 0 saturated carbocycles. The number of carboxylic acids is 1. The quantitative estimate of drug-likeness (QED) is 0.352. The highest BCUT2D eigenvalue weighted by atomic mass is 16.5. The fraction of sp³-hybridized carbons (Fsp3) is 0.700. The smallest absolute Gasteiger partial charge is 0.305 e. The van der Waals surface area contributed by atoms with Crippen molar-refractivity contribution in [3.05, 3.63) is 25.3 Å². The number of carbonyl (C=O) groups is 2. The summed E-state index contributed by atoms with van der Waals surface area (Å²) in [4.78, 5) is 20.8. The zero-order chi connectivity index (χ0) is 21.4. The Bertz CT molecular complexity index is 312. The summed E-state index contributed by atoms with van der Waals surface area (Å²) in [5.41, 5.74) is 0. The van der Waals surface area contributed by atoms with Gasteiger partial charge < -0.3 is 19.7 Å². The lowest BCUT2D eigenvalue weighted by Gasteiger charge is -2.09. The second-order valence-electron chi connectivity index (χ2n) is 5.60. The van der Waals surface area contributed by atoms with Crippen LogP contribution >= 0.6 is 0 Å². The number of carboxylic acid groups (broad SMARTS) is 1. The van der Waals surface area contributed by atoms with Crippen LogP contribution in [0, 0.1) is 0 Å². The fourth-order valence-corrected chi connectivity index (χ4v) is 1.32. The van der Waals surface area contributed by atoms with Gasteiger partial charge in [0.15, 0.2) is 0 Å². The highest BCUT2D eigenvalue weighted by molar-refractivity contribution is 5.69. The second kappa shape index (κ2) is 28.2. The minimum atomic E-state index is -0.858. The lowest BCUT2D eigenvalue weighted by atomic mass is 10.2. The molecule has 0 saturated heterocycles. The number of carbonyl (C=O) groups excluding carboxylic acids is 1. The van der Waals surface area contributed by atoms with Crippen molar-refractivity contribution in [2.24, 2.45) is 0 Å². The average molecular weight is 377 g/mol. The maximum Gasteiger partial charge on any atom is 0.305 e. The van der Waals surface area contributed by atoms with Crippen molar-refractivity contribution in [1.82, 2.24) is 0 Å². The van der Waals surface area contributed by atoms with Gasteiger partial charge in [0.25, 0.3) is 0 Å². The summed E-state index contributed by atoms with van der Waals surface area (Å²) in [5, 5.41) is 16.6. The van der Waals surface area contributed by atoms with Gasteiger partial charge in [0.05, 0.1) is 18.8 Å². The number of hydrogen-bond acceptors (Lipinski definition) is 5. The Hall–Kier alpha value is -1.66.